The first kappa shape index (κ1) is 22.9. The zero-order valence-corrected chi connectivity index (χ0v) is 20.5. The standard InChI is InChI=1S/C26H30N8O/c1-17(2)20-7-9-21(10-8-20)18(3)34-26(23-6-5-13-32(23)19(4)35)30-25(31-34)22-11-12-28-24(14-22)33-16-27-15-29-33/h7-12,14-18,23H,5-6,13H2,1-4H3/t18?,23-/m0/s1. The van der Waals surface area contributed by atoms with Gasteiger partial charge in [0.05, 0.1) is 12.1 Å². The molecule has 0 bridgehead atoms. The number of amides is 1. The average molecular weight is 471 g/mol. The molecule has 1 amide bonds. The number of rotatable bonds is 6. The molecule has 1 saturated heterocycles. The monoisotopic (exact) mass is 470 g/mol. The molecule has 9 heteroatoms. The molecule has 9 nitrogen and oxygen atoms in total. The highest BCUT2D eigenvalue weighted by Gasteiger charge is 2.33. The minimum Gasteiger partial charge on any atom is -0.333 e. The van der Waals surface area contributed by atoms with E-state index in [-0.39, 0.29) is 18.0 Å². The van der Waals surface area contributed by atoms with Crippen LogP contribution in [0.5, 0.6) is 0 Å². The van der Waals surface area contributed by atoms with E-state index in [0.29, 0.717) is 17.6 Å². The summed E-state index contributed by atoms with van der Waals surface area (Å²) >= 11 is 0. The van der Waals surface area contributed by atoms with E-state index < -0.39 is 0 Å². The summed E-state index contributed by atoms with van der Waals surface area (Å²) in [5, 5.41) is 9.15. The van der Waals surface area contributed by atoms with Gasteiger partial charge >= 0.3 is 0 Å². The SMILES string of the molecule is CC(=O)N1CCC[C@H]1c1nc(-c2ccnc(-n3cncn3)c2)nn1C(C)c1ccc(C(C)C)cc1. The van der Waals surface area contributed by atoms with Crippen molar-refractivity contribution in [1.29, 1.82) is 0 Å². The highest BCUT2D eigenvalue weighted by molar-refractivity contribution is 5.74. The van der Waals surface area contributed by atoms with Gasteiger partial charge in [0.25, 0.3) is 0 Å². The molecular formula is C26H30N8O. The second-order valence-corrected chi connectivity index (χ2v) is 9.35. The minimum absolute atomic E-state index is 0.0431. The Morgan fingerprint density at radius 1 is 1.09 bits per heavy atom. The second kappa shape index (κ2) is 9.40. The summed E-state index contributed by atoms with van der Waals surface area (Å²) < 4.78 is 3.59. The lowest BCUT2D eigenvalue weighted by molar-refractivity contribution is -0.129. The number of benzene rings is 1. The van der Waals surface area contributed by atoms with Crippen molar-refractivity contribution in [3.8, 4) is 17.2 Å². The van der Waals surface area contributed by atoms with Crippen molar-refractivity contribution in [2.75, 3.05) is 6.54 Å². The minimum atomic E-state index is -0.0947. The van der Waals surface area contributed by atoms with E-state index in [1.165, 1.54) is 11.9 Å². The van der Waals surface area contributed by atoms with Crippen molar-refractivity contribution in [3.05, 3.63) is 72.2 Å². The third kappa shape index (κ3) is 4.45. The quantitative estimate of drug-likeness (QED) is 0.416. The number of aromatic nitrogens is 7. The first-order valence-corrected chi connectivity index (χ1v) is 12.1. The maximum Gasteiger partial charge on any atom is 0.220 e. The first-order chi connectivity index (χ1) is 16.9. The van der Waals surface area contributed by atoms with Crippen molar-refractivity contribution in [3.63, 3.8) is 0 Å². The van der Waals surface area contributed by atoms with Crippen LogP contribution in [0.15, 0.2) is 55.2 Å². The molecule has 2 atom stereocenters. The van der Waals surface area contributed by atoms with Gasteiger partial charge < -0.3 is 4.90 Å². The van der Waals surface area contributed by atoms with E-state index in [4.69, 9.17) is 10.1 Å². The summed E-state index contributed by atoms with van der Waals surface area (Å²) in [4.78, 5) is 27.7. The van der Waals surface area contributed by atoms with Gasteiger partial charge in [-0.25, -0.2) is 24.3 Å². The van der Waals surface area contributed by atoms with Gasteiger partial charge in [0.2, 0.25) is 5.91 Å². The van der Waals surface area contributed by atoms with E-state index in [1.54, 1.807) is 24.1 Å². The predicted octanol–water partition coefficient (Wildman–Crippen LogP) is 4.34. The van der Waals surface area contributed by atoms with Crippen LogP contribution < -0.4 is 0 Å². The first-order valence-electron chi connectivity index (χ1n) is 12.1. The molecule has 3 aromatic heterocycles. The fourth-order valence-corrected chi connectivity index (χ4v) is 4.69. The summed E-state index contributed by atoms with van der Waals surface area (Å²) in [6.45, 7) is 8.89. The molecule has 1 fully saturated rings. The number of pyridine rings is 1. The van der Waals surface area contributed by atoms with E-state index >= 15 is 0 Å². The Morgan fingerprint density at radius 2 is 1.86 bits per heavy atom. The molecule has 180 valence electrons. The van der Waals surface area contributed by atoms with Gasteiger partial charge in [-0.05, 0) is 48.9 Å². The van der Waals surface area contributed by atoms with Crippen LogP contribution in [0, 0.1) is 0 Å². The second-order valence-electron chi connectivity index (χ2n) is 9.35. The van der Waals surface area contributed by atoms with Gasteiger partial charge in [-0.2, -0.15) is 10.2 Å². The van der Waals surface area contributed by atoms with Crippen molar-refractivity contribution in [2.45, 2.75) is 58.5 Å². The van der Waals surface area contributed by atoms with Crippen molar-refractivity contribution in [1.82, 2.24) is 39.4 Å². The molecule has 0 radical (unpaired) electrons. The van der Waals surface area contributed by atoms with E-state index in [0.717, 1.165) is 36.3 Å². The van der Waals surface area contributed by atoms with Crippen molar-refractivity contribution >= 4 is 5.91 Å². The van der Waals surface area contributed by atoms with Crippen LogP contribution in [0.1, 0.15) is 75.5 Å². The lowest BCUT2D eigenvalue weighted by Crippen LogP contribution is -2.30. The molecule has 1 aliphatic rings. The Morgan fingerprint density at radius 3 is 2.54 bits per heavy atom. The highest BCUT2D eigenvalue weighted by Crippen LogP contribution is 2.35. The summed E-state index contributed by atoms with van der Waals surface area (Å²) in [5.41, 5.74) is 3.29. The van der Waals surface area contributed by atoms with Crippen LogP contribution in [-0.4, -0.2) is 51.9 Å². The van der Waals surface area contributed by atoms with Crippen molar-refractivity contribution < 1.29 is 4.79 Å². The molecule has 0 spiro atoms. The van der Waals surface area contributed by atoms with E-state index in [1.807, 2.05) is 21.7 Å². The smallest absolute Gasteiger partial charge is 0.220 e. The van der Waals surface area contributed by atoms with Crippen LogP contribution in [0.2, 0.25) is 0 Å². The van der Waals surface area contributed by atoms with Gasteiger partial charge in [0, 0.05) is 25.2 Å². The fourth-order valence-electron chi connectivity index (χ4n) is 4.69. The Labute approximate surface area is 204 Å². The molecular weight excluding hydrogens is 440 g/mol. The maximum atomic E-state index is 12.4. The Balaban J connectivity index is 1.58. The average Bonchev–Trinajstić information content (AvgIpc) is 3.64. The van der Waals surface area contributed by atoms with Crippen molar-refractivity contribution in [2.24, 2.45) is 0 Å². The van der Waals surface area contributed by atoms with Crippen LogP contribution in [0.25, 0.3) is 17.2 Å². The third-order valence-corrected chi connectivity index (χ3v) is 6.72. The lowest BCUT2D eigenvalue weighted by Gasteiger charge is -2.25. The summed E-state index contributed by atoms with van der Waals surface area (Å²) in [6, 6.07) is 12.3. The zero-order chi connectivity index (χ0) is 24.5. The number of carbonyl (C=O) groups is 1. The lowest BCUT2D eigenvalue weighted by atomic mass is 9.99. The third-order valence-electron chi connectivity index (χ3n) is 6.72. The van der Waals surface area contributed by atoms with Gasteiger partial charge in [-0.15, -0.1) is 0 Å². The Kier molecular flexibility index (Phi) is 6.15. The molecule has 0 N–H and O–H groups in total. The molecule has 1 aromatic carbocycles. The number of carbonyl (C=O) groups excluding carboxylic acids is 1. The molecule has 1 unspecified atom stereocenters. The van der Waals surface area contributed by atoms with E-state index in [2.05, 4.69) is 60.1 Å². The van der Waals surface area contributed by atoms with Crippen LogP contribution >= 0.6 is 0 Å². The number of hydrogen-bond donors (Lipinski definition) is 0. The highest BCUT2D eigenvalue weighted by atomic mass is 16.2. The normalized spacial score (nSPS) is 16.7. The van der Waals surface area contributed by atoms with Gasteiger partial charge in [-0.3, -0.25) is 4.79 Å². The molecule has 4 aromatic rings. The van der Waals surface area contributed by atoms with E-state index in [9.17, 15) is 4.79 Å². The summed E-state index contributed by atoms with van der Waals surface area (Å²) in [5.74, 6) is 2.59. The zero-order valence-electron chi connectivity index (χ0n) is 20.5. The topological polar surface area (TPSA) is 94.6 Å². The van der Waals surface area contributed by atoms with Gasteiger partial charge in [0.15, 0.2) is 17.5 Å². The van der Waals surface area contributed by atoms with Gasteiger partial charge in [0.1, 0.15) is 12.7 Å². The maximum absolute atomic E-state index is 12.4. The fraction of sp³-hybridized carbons (Fsp3) is 0.385. The molecule has 0 saturated carbocycles. The molecule has 0 aliphatic carbocycles. The summed E-state index contributed by atoms with van der Waals surface area (Å²) in [6.07, 6.45) is 6.63. The van der Waals surface area contributed by atoms with Gasteiger partial charge in [-0.1, -0.05) is 38.1 Å². The van der Waals surface area contributed by atoms with Crippen LogP contribution in [0.4, 0.5) is 0 Å². The molecule has 5 rings (SSSR count). The predicted molar refractivity (Wildman–Crippen MR) is 132 cm³/mol. The van der Waals surface area contributed by atoms with Crippen LogP contribution in [-0.2, 0) is 4.79 Å². The largest absolute Gasteiger partial charge is 0.333 e. The number of nitrogens with zero attached hydrogens (tertiary/aromatic N) is 8. The summed E-state index contributed by atoms with van der Waals surface area (Å²) in [7, 11) is 0. The Bertz CT molecular complexity index is 1310. The molecule has 35 heavy (non-hydrogen) atoms. The molecule has 4 heterocycles. The number of likely N-dealkylation sites (tertiary alicyclic amines) is 1. The molecule has 1 aliphatic heterocycles. The Hall–Kier alpha value is -3.88. The van der Waals surface area contributed by atoms with Crippen LogP contribution in [0.3, 0.4) is 0 Å². The number of hydrogen-bond acceptors (Lipinski definition) is 6.